The molecule has 124 valence electrons. The zero-order valence-electron chi connectivity index (χ0n) is 14.1. The zero-order valence-corrected chi connectivity index (χ0v) is 14.1. The van der Waals surface area contributed by atoms with E-state index in [1.807, 2.05) is 12.1 Å². The molecule has 0 amide bonds. The molecule has 0 radical (unpaired) electrons. The Kier molecular flexibility index (Phi) is 6.76. The fourth-order valence-corrected chi connectivity index (χ4v) is 3.09. The van der Waals surface area contributed by atoms with Gasteiger partial charge in [0.1, 0.15) is 11.6 Å². The minimum atomic E-state index is -0.405. The Bertz CT molecular complexity index is 596. The number of halogens is 2. The monoisotopic (exact) mass is 316 g/mol. The van der Waals surface area contributed by atoms with Crippen LogP contribution in [0.15, 0.2) is 42.5 Å². The molecular weight excluding hydrogens is 290 g/mol. The quantitative estimate of drug-likeness (QED) is 0.554. The van der Waals surface area contributed by atoms with Crippen molar-refractivity contribution in [2.45, 2.75) is 58.3 Å². The third-order valence-corrected chi connectivity index (χ3v) is 4.23. The second-order valence-electron chi connectivity index (χ2n) is 6.29. The van der Waals surface area contributed by atoms with Gasteiger partial charge in [-0.1, -0.05) is 63.8 Å². The maximum absolute atomic E-state index is 13.7. The molecule has 23 heavy (non-hydrogen) atoms. The van der Waals surface area contributed by atoms with Crippen molar-refractivity contribution in [3.63, 3.8) is 0 Å². The highest BCUT2D eigenvalue weighted by atomic mass is 19.1. The molecule has 0 spiro atoms. The van der Waals surface area contributed by atoms with Crippen molar-refractivity contribution >= 4 is 0 Å². The SMILES string of the molecule is CCC.Fc1ccc(F)c(-c2ccc(C3CCCCC3)cc2)c1. The Labute approximate surface area is 138 Å². The van der Waals surface area contributed by atoms with Gasteiger partial charge < -0.3 is 0 Å². The minimum Gasteiger partial charge on any atom is -0.207 e. The molecule has 0 bridgehead atoms. The van der Waals surface area contributed by atoms with Crippen molar-refractivity contribution in [3.05, 3.63) is 59.7 Å². The van der Waals surface area contributed by atoms with Crippen LogP contribution in [0.1, 0.15) is 63.9 Å². The predicted octanol–water partition coefficient (Wildman–Crippen LogP) is 7.10. The second-order valence-corrected chi connectivity index (χ2v) is 6.29. The summed E-state index contributed by atoms with van der Waals surface area (Å²) >= 11 is 0. The van der Waals surface area contributed by atoms with Crippen LogP contribution >= 0.6 is 0 Å². The van der Waals surface area contributed by atoms with Gasteiger partial charge in [0.25, 0.3) is 0 Å². The number of benzene rings is 2. The van der Waals surface area contributed by atoms with Crippen LogP contribution < -0.4 is 0 Å². The zero-order chi connectivity index (χ0) is 16.7. The molecule has 0 nitrogen and oxygen atoms in total. The van der Waals surface area contributed by atoms with E-state index in [1.54, 1.807) is 0 Å². The standard InChI is InChI=1S/C18H18F2.C3H8/c19-16-10-11-18(20)17(12-16)15-8-6-14(7-9-15)13-4-2-1-3-5-13;1-3-2/h6-13H,1-5H2;3H2,1-2H3. The highest BCUT2D eigenvalue weighted by Gasteiger charge is 2.15. The summed E-state index contributed by atoms with van der Waals surface area (Å²) in [5, 5.41) is 0. The van der Waals surface area contributed by atoms with Crippen LogP contribution in [0.5, 0.6) is 0 Å². The van der Waals surface area contributed by atoms with E-state index in [4.69, 9.17) is 0 Å². The van der Waals surface area contributed by atoms with E-state index in [9.17, 15) is 8.78 Å². The summed E-state index contributed by atoms with van der Waals surface area (Å²) in [4.78, 5) is 0. The summed E-state index contributed by atoms with van der Waals surface area (Å²) in [5.41, 5.74) is 2.40. The Hall–Kier alpha value is -1.70. The first-order valence-corrected chi connectivity index (χ1v) is 8.71. The highest BCUT2D eigenvalue weighted by Crippen LogP contribution is 2.34. The van der Waals surface area contributed by atoms with Crippen LogP contribution in [0.3, 0.4) is 0 Å². The molecule has 1 aliphatic carbocycles. The predicted molar refractivity (Wildman–Crippen MR) is 93.6 cm³/mol. The van der Waals surface area contributed by atoms with Gasteiger partial charge in [-0.25, -0.2) is 8.78 Å². The van der Waals surface area contributed by atoms with E-state index in [-0.39, 0.29) is 5.82 Å². The normalized spacial score (nSPS) is 15.0. The highest BCUT2D eigenvalue weighted by molar-refractivity contribution is 5.64. The molecule has 2 heteroatoms. The van der Waals surface area contributed by atoms with E-state index in [2.05, 4.69) is 26.0 Å². The van der Waals surface area contributed by atoms with Gasteiger partial charge >= 0.3 is 0 Å². The molecule has 1 saturated carbocycles. The van der Waals surface area contributed by atoms with Crippen LogP contribution in [0.25, 0.3) is 11.1 Å². The molecule has 0 atom stereocenters. The number of rotatable bonds is 2. The first kappa shape index (κ1) is 17.7. The molecule has 0 heterocycles. The van der Waals surface area contributed by atoms with E-state index < -0.39 is 5.82 Å². The van der Waals surface area contributed by atoms with E-state index >= 15 is 0 Å². The van der Waals surface area contributed by atoms with Crippen molar-refractivity contribution < 1.29 is 8.78 Å². The van der Waals surface area contributed by atoms with Gasteiger partial charge in [0.15, 0.2) is 0 Å². The third kappa shape index (κ3) is 4.89. The molecule has 0 N–H and O–H groups in total. The van der Waals surface area contributed by atoms with Gasteiger partial charge in [0.2, 0.25) is 0 Å². The van der Waals surface area contributed by atoms with Crippen LogP contribution in [-0.2, 0) is 0 Å². The van der Waals surface area contributed by atoms with Gasteiger partial charge in [-0.3, -0.25) is 0 Å². The van der Waals surface area contributed by atoms with E-state index in [1.165, 1.54) is 56.2 Å². The molecule has 0 unspecified atom stereocenters. The third-order valence-electron chi connectivity index (χ3n) is 4.23. The largest absolute Gasteiger partial charge is 0.207 e. The van der Waals surface area contributed by atoms with Gasteiger partial charge in [-0.15, -0.1) is 0 Å². The molecule has 1 fully saturated rings. The Morgan fingerprint density at radius 3 is 2.09 bits per heavy atom. The van der Waals surface area contributed by atoms with E-state index in [0.29, 0.717) is 11.5 Å². The Morgan fingerprint density at radius 2 is 1.48 bits per heavy atom. The molecular formula is C21H26F2. The molecule has 0 aliphatic heterocycles. The molecule has 1 aliphatic rings. The van der Waals surface area contributed by atoms with Crippen LogP contribution in [0.4, 0.5) is 8.78 Å². The topological polar surface area (TPSA) is 0 Å². The molecule has 0 aromatic heterocycles. The lowest BCUT2D eigenvalue weighted by Crippen LogP contribution is -2.04. The van der Waals surface area contributed by atoms with Crippen LogP contribution in [0.2, 0.25) is 0 Å². The van der Waals surface area contributed by atoms with E-state index in [0.717, 1.165) is 11.6 Å². The van der Waals surface area contributed by atoms with Crippen molar-refractivity contribution in [1.82, 2.24) is 0 Å². The van der Waals surface area contributed by atoms with Crippen LogP contribution in [-0.4, -0.2) is 0 Å². The first-order chi connectivity index (χ1) is 11.2. The summed E-state index contributed by atoms with van der Waals surface area (Å²) in [5.74, 6) is -0.148. The first-order valence-electron chi connectivity index (χ1n) is 8.71. The van der Waals surface area contributed by atoms with Crippen molar-refractivity contribution in [3.8, 4) is 11.1 Å². The second kappa shape index (κ2) is 8.81. The number of hydrogen-bond acceptors (Lipinski definition) is 0. The molecule has 2 aromatic rings. The van der Waals surface area contributed by atoms with Gasteiger partial charge in [-0.05, 0) is 48.1 Å². The molecule has 2 aromatic carbocycles. The maximum Gasteiger partial charge on any atom is 0.131 e. The summed E-state index contributed by atoms with van der Waals surface area (Å²) in [6, 6.07) is 11.5. The average Bonchev–Trinajstić information content (AvgIpc) is 2.59. The average molecular weight is 316 g/mol. The number of hydrogen-bond donors (Lipinski definition) is 0. The Morgan fingerprint density at radius 1 is 0.870 bits per heavy atom. The molecule has 0 saturated heterocycles. The smallest absolute Gasteiger partial charge is 0.131 e. The summed E-state index contributed by atoms with van der Waals surface area (Å²) < 4.78 is 27.0. The lowest BCUT2D eigenvalue weighted by atomic mass is 9.84. The van der Waals surface area contributed by atoms with Crippen molar-refractivity contribution in [1.29, 1.82) is 0 Å². The van der Waals surface area contributed by atoms with Crippen molar-refractivity contribution in [2.75, 3.05) is 0 Å². The van der Waals surface area contributed by atoms with Gasteiger partial charge in [0, 0.05) is 5.56 Å². The summed E-state index contributed by atoms with van der Waals surface area (Å²) in [7, 11) is 0. The Balaban J connectivity index is 0.000000595. The summed E-state index contributed by atoms with van der Waals surface area (Å²) in [6.45, 7) is 4.25. The van der Waals surface area contributed by atoms with Gasteiger partial charge in [-0.2, -0.15) is 0 Å². The van der Waals surface area contributed by atoms with Crippen molar-refractivity contribution in [2.24, 2.45) is 0 Å². The van der Waals surface area contributed by atoms with Gasteiger partial charge in [0.05, 0.1) is 0 Å². The summed E-state index contributed by atoms with van der Waals surface area (Å²) in [6.07, 6.45) is 7.67. The lowest BCUT2D eigenvalue weighted by Gasteiger charge is -2.22. The molecule has 3 rings (SSSR count). The van der Waals surface area contributed by atoms with Crippen LogP contribution in [0, 0.1) is 11.6 Å². The lowest BCUT2D eigenvalue weighted by molar-refractivity contribution is 0.443. The fourth-order valence-electron chi connectivity index (χ4n) is 3.09. The minimum absolute atomic E-state index is 0.334. The maximum atomic E-state index is 13.7. The fraction of sp³-hybridized carbons (Fsp3) is 0.429.